The molecule has 0 amide bonds. The normalized spacial score (nSPS) is 22.4. The van der Waals surface area contributed by atoms with Gasteiger partial charge in [-0.1, -0.05) is 48.5 Å². The van der Waals surface area contributed by atoms with E-state index in [4.69, 9.17) is 4.74 Å². The Balaban J connectivity index is 1.56. The van der Waals surface area contributed by atoms with Crippen LogP contribution in [0.1, 0.15) is 42.9 Å². The van der Waals surface area contributed by atoms with E-state index in [1.165, 1.54) is 24.0 Å². The standard InChI is InChI=1S/C19H23NO/c1-14(15-8-4-3-5-9-15)20-17-12-16(13-17)18-10-6-7-11-19(18)21-2/h3-11,14,16-17,20H,12-13H2,1-2H3/t14-,16?,17?/m0/s1. The Kier molecular flexibility index (Phi) is 4.26. The minimum atomic E-state index is 0.412. The second kappa shape index (κ2) is 6.31. The summed E-state index contributed by atoms with van der Waals surface area (Å²) in [6.07, 6.45) is 2.38. The van der Waals surface area contributed by atoms with Gasteiger partial charge in [0.25, 0.3) is 0 Å². The molecule has 0 heterocycles. The number of para-hydroxylation sites is 1. The maximum absolute atomic E-state index is 5.47. The molecule has 2 aromatic carbocycles. The first kappa shape index (κ1) is 14.2. The minimum absolute atomic E-state index is 0.412. The van der Waals surface area contributed by atoms with Gasteiger partial charge >= 0.3 is 0 Å². The molecule has 0 aliphatic heterocycles. The van der Waals surface area contributed by atoms with E-state index in [9.17, 15) is 0 Å². The average molecular weight is 281 g/mol. The van der Waals surface area contributed by atoms with Crippen LogP contribution in [0, 0.1) is 0 Å². The lowest BCUT2D eigenvalue weighted by Crippen LogP contribution is -2.41. The number of methoxy groups -OCH3 is 1. The number of hydrogen-bond acceptors (Lipinski definition) is 2. The molecule has 3 rings (SSSR count). The summed E-state index contributed by atoms with van der Waals surface area (Å²) >= 11 is 0. The van der Waals surface area contributed by atoms with Gasteiger partial charge in [-0.25, -0.2) is 0 Å². The third kappa shape index (κ3) is 3.11. The SMILES string of the molecule is COc1ccccc1C1CC(N[C@@H](C)c2ccccc2)C1. The Labute approximate surface area is 127 Å². The molecule has 2 heteroatoms. The average Bonchev–Trinajstić information content (AvgIpc) is 2.51. The Morgan fingerprint density at radius 1 is 1.00 bits per heavy atom. The summed E-state index contributed by atoms with van der Waals surface area (Å²) in [5.41, 5.74) is 2.71. The van der Waals surface area contributed by atoms with Crippen molar-refractivity contribution < 1.29 is 4.74 Å². The Hall–Kier alpha value is -1.80. The molecule has 21 heavy (non-hydrogen) atoms. The van der Waals surface area contributed by atoms with Gasteiger partial charge in [0.2, 0.25) is 0 Å². The minimum Gasteiger partial charge on any atom is -0.496 e. The maximum Gasteiger partial charge on any atom is 0.122 e. The molecule has 2 nitrogen and oxygen atoms in total. The van der Waals surface area contributed by atoms with Gasteiger partial charge in [-0.15, -0.1) is 0 Å². The van der Waals surface area contributed by atoms with Gasteiger partial charge in [-0.05, 0) is 42.9 Å². The number of benzene rings is 2. The highest BCUT2D eigenvalue weighted by molar-refractivity contribution is 5.37. The molecule has 0 saturated heterocycles. The van der Waals surface area contributed by atoms with E-state index in [1.807, 2.05) is 6.07 Å². The highest BCUT2D eigenvalue weighted by Gasteiger charge is 2.32. The summed E-state index contributed by atoms with van der Waals surface area (Å²) in [6.45, 7) is 2.24. The van der Waals surface area contributed by atoms with Crippen molar-refractivity contribution in [1.29, 1.82) is 0 Å². The van der Waals surface area contributed by atoms with Crippen molar-refractivity contribution in [2.75, 3.05) is 7.11 Å². The first-order valence-corrected chi connectivity index (χ1v) is 7.72. The molecule has 2 aromatic rings. The number of ether oxygens (including phenoxy) is 1. The molecule has 0 bridgehead atoms. The molecule has 0 spiro atoms. The molecule has 0 radical (unpaired) electrons. The van der Waals surface area contributed by atoms with Crippen LogP contribution in [0.2, 0.25) is 0 Å². The van der Waals surface area contributed by atoms with Crippen molar-refractivity contribution in [2.45, 2.75) is 37.8 Å². The fraction of sp³-hybridized carbons (Fsp3) is 0.368. The molecule has 1 aliphatic rings. The molecular weight excluding hydrogens is 258 g/mol. The van der Waals surface area contributed by atoms with Crippen LogP contribution in [0.5, 0.6) is 5.75 Å². The molecule has 1 atom stereocenters. The van der Waals surface area contributed by atoms with E-state index >= 15 is 0 Å². The summed E-state index contributed by atoms with van der Waals surface area (Å²) in [6, 6.07) is 20.1. The topological polar surface area (TPSA) is 21.3 Å². The van der Waals surface area contributed by atoms with Gasteiger partial charge < -0.3 is 10.1 Å². The largest absolute Gasteiger partial charge is 0.496 e. The lowest BCUT2D eigenvalue weighted by atomic mass is 9.75. The zero-order chi connectivity index (χ0) is 14.7. The Morgan fingerprint density at radius 2 is 1.67 bits per heavy atom. The van der Waals surface area contributed by atoms with Gasteiger partial charge in [0.15, 0.2) is 0 Å². The van der Waals surface area contributed by atoms with Crippen LogP contribution >= 0.6 is 0 Å². The second-order valence-corrected chi connectivity index (χ2v) is 5.91. The van der Waals surface area contributed by atoms with E-state index in [0.717, 1.165) is 5.75 Å². The summed E-state index contributed by atoms with van der Waals surface area (Å²) in [5, 5.41) is 3.73. The van der Waals surface area contributed by atoms with E-state index in [1.54, 1.807) is 7.11 Å². The molecule has 110 valence electrons. The van der Waals surface area contributed by atoms with Gasteiger partial charge in [-0.2, -0.15) is 0 Å². The molecule has 0 aromatic heterocycles. The lowest BCUT2D eigenvalue weighted by molar-refractivity contribution is 0.265. The summed E-state index contributed by atoms with van der Waals surface area (Å²) in [5.74, 6) is 1.65. The third-order valence-corrected chi connectivity index (χ3v) is 4.50. The first-order valence-electron chi connectivity index (χ1n) is 7.72. The lowest BCUT2D eigenvalue weighted by Gasteiger charge is -2.38. The van der Waals surface area contributed by atoms with Gasteiger partial charge in [-0.3, -0.25) is 0 Å². The third-order valence-electron chi connectivity index (χ3n) is 4.50. The van der Waals surface area contributed by atoms with Crippen LogP contribution in [0.15, 0.2) is 54.6 Å². The van der Waals surface area contributed by atoms with E-state index < -0.39 is 0 Å². The van der Waals surface area contributed by atoms with Crippen LogP contribution in [0.3, 0.4) is 0 Å². The summed E-state index contributed by atoms with van der Waals surface area (Å²) in [4.78, 5) is 0. The van der Waals surface area contributed by atoms with Crippen molar-refractivity contribution in [2.24, 2.45) is 0 Å². The van der Waals surface area contributed by atoms with Gasteiger partial charge in [0, 0.05) is 12.1 Å². The summed E-state index contributed by atoms with van der Waals surface area (Å²) in [7, 11) is 1.75. The summed E-state index contributed by atoms with van der Waals surface area (Å²) < 4.78 is 5.47. The van der Waals surface area contributed by atoms with Crippen molar-refractivity contribution in [3.63, 3.8) is 0 Å². The van der Waals surface area contributed by atoms with Crippen LogP contribution in [-0.2, 0) is 0 Å². The smallest absolute Gasteiger partial charge is 0.122 e. The van der Waals surface area contributed by atoms with E-state index in [2.05, 4.69) is 60.8 Å². The number of nitrogens with one attached hydrogen (secondary N) is 1. The Bertz CT molecular complexity index is 575. The van der Waals surface area contributed by atoms with Crippen LogP contribution in [0.25, 0.3) is 0 Å². The number of hydrogen-bond donors (Lipinski definition) is 1. The zero-order valence-corrected chi connectivity index (χ0v) is 12.8. The van der Waals surface area contributed by atoms with Crippen molar-refractivity contribution >= 4 is 0 Å². The fourth-order valence-electron chi connectivity index (χ4n) is 3.20. The molecule has 1 saturated carbocycles. The van der Waals surface area contributed by atoms with Crippen molar-refractivity contribution in [3.8, 4) is 5.75 Å². The van der Waals surface area contributed by atoms with Crippen molar-refractivity contribution in [1.82, 2.24) is 5.32 Å². The van der Waals surface area contributed by atoms with Crippen molar-refractivity contribution in [3.05, 3.63) is 65.7 Å². The maximum atomic E-state index is 5.47. The highest BCUT2D eigenvalue weighted by Crippen LogP contribution is 2.41. The quantitative estimate of drug-likeness (QED) is 0.882. The molecular formula is C19H23NO. The molecule has 0 unspecified atom stereocenters. The fourth-order valence-corrected chi connectivity index (χ4v) is 3.20. The Morgan fingerprint density at radius 3 is 2.38 bits per heavy atom. The molecule has 1 aliphatic carbocycles. The zero-order valence-electron chi connectivity index (χ0n) is 12.8. The van der Waals surface area contributed by atoms with E-state index in [0.29, 0.717) is 18.0 Å². The van der Waals surface area contributed by atoms with E-state index in [-0.39, 0.29) is 0 Å². The predicted molar refractivity (Wildman–Crippen MR) is 86.7 cm³/mol. The van der Waals surface area contributed by atoms with Crippen LogP contribution in [-0.4, -0.2) is 13.2 Å². The van der Waals surface area contributed by atoms with Crippen LogP contribution < -0.4 is 10.1 Å². The number of rotatable bonds is 5. The highest BCUT2D eigenvalue weighted by atomic mass is 16.5. The van der Waals surface area contributed by atoms with Gasteiger partial charge in [0.1, 0.15) is 5.75 Å². The predicted octanol–water partition coefficient (Wildman–Crippen LogP) is 4.29. The van der Waals surface area contributed by atoms with Gasteiger partial charge in [0.05, 0.1) is 7.11 Å². The monoisotopic (exact) mass is 281 g/mol. The first-order chi connectivity index (χ1) is 10.3. The second-order valence-electron chi connectivity index (χ2n) is 5.91. The molecule has 1 N–H and O–H groups in total. The molecule has 1 fully saturated rings. The van der Waals surface area contributed by atoms with Crippen LogP contribution in [0.4, 0.5) is 0 Å².